The number of amides is 1. The Morgan fingerprint density at radius 1 is 1.15 bits per heavy atom. The molecule has 0 bridgehead atoms. The largest absolute Gasteiger partial charge is 0.454 e. The normalized spacial score (nSPS) is 11.9. The van der Waals surface area contributed by atoms with Crippen molar-refractivity contribution >= 4 is 5.91 Å². The van der Waals surface area contributed by atoms with Crippen LogP contribution in [0, 0.1) is 11.6 Å². The van der Waals surface area contributed by atoms with Gasteiger partial charge in [-0.2, -0.15) is 0 Å². The maximum absolute atomic E-state index is 13.4. The molecule has 0 saturated carbocycles. The second kappa shape index (κ2) is 5.69. The zero-order valence-electron chi connectivity index (χ0n) is 10.8. The minimum absolute atomic E-state index is 0.0675. The zero-order chi connectivity index (χ0) is 14.7. The molecule has 0 fully saturated rings. The number of carbonyl (C=O) groups is 1. The first-order chi connectivity index (χ1) is 9.47. The van der Waals surface area contributed by atoms with Crippen LogP contribution in [0.5, 0.6) is 11.5 Å². The van der Waals surface area contributed by atoms with Crippen LogP contribution in [0.25, 0.3) is 0 Å². The highest BCUT2D eigenvalue weighted by atomic mass is 19.1. The molecule has 2 N–H and O–H groups in total. The Balaban J connectivity index is 2.16. The monoisotopic (exact) mass is 277 g/mol. The Bertz CT molecular complexity index is 626. The van der Waals surface area contributed by atoms with Crippen LogP contribution >= 0.6 is 0 Å². The smallest absolute Gasteiger partial charge is 0.224 e. The highest BCUT2D eigenvalue weighted by molar-refractivity contribution is 5.81. The molecule has 20 heavy (non-hydrogen) atoms. The van der Waals surface area contributed by atoms with Gasteiger partial charge < -0.3 is 10.5 Å². The van der Waals surface area contributed by atoms with E-state index < -0.39 is 23.5 Å². The number of hydrogen-bond donors (Lipinski definition) is 1. The third-order valence-electron chi connectivity index (χ3n) is 2.93. The molecule has 1 unspecified atom stereocenters. The Kier molecular flexibility index (Phi) is 3.98. The lowest BCUT2D eigenvalue weighted by atomic mass is 10.0. The predicted octanol–water partition coefficient (Wildman–Crippen LogP) is 3.35. The first-order valence-corrected chi connectivity index (χ1v) is 5.99. The molecule has 0 aliphatic heterocycles. The molecule has 5 heteroatoms. The van der Waals surface area contributed by atoms with E-state index in [1.807, 2.05) is 0 Å². The fraction of sp³-hybridized carbons (Fsp3) is 0.133. The van der Waals surface area contributed by atoms with Crippen molar-refractivity contribution in [1.82, 2.24) is 0 Å². The van der Waals surface area contributed by atoms with Crippen molar-refractivity contribution in [2.24, 2.45) is 5.73 Å². The average molecular weight is 277 g/mol. The summed E-state index contributed by atoms with van der Waals surface area (Å²) < 4.78 is 31.5. The maximum atomic E-state index is 13.4. The van der Waals surface area contributed by atoms with Crippen LogP contribution in [0.1, 0.15) is 18.4 Å². The van der Waals surface area contributed by atoms with Gasteiger partial charge in [0.1, 0.15) is 11.6 Å². The Morgan fingerprint density at radius 2 is 1.80 bits per heavy atom. The van der Waals surface area contributed by atoms with Crippen molar-refractivity contribution in [2.75, 3.05) is 0 Å². The molecule has 2 aromatic rings. The van der Waals surface area contributed by atoms with Crippen molar-refractivity contribution in [1.29, 1.82) is 0 Å². The van der Waals surface area contributed by atoms with E-state index in [9.17, 15) is 13.6 Å². The minimum atomic E-state index is -0.778. The molecule has 0 spiro atoms. The van der Waals surface area contributed by atoms with Crippen LogP contribution in [0.2, 0.25) is 0 Å². The number of halogens is 2. The van der Waals surface area contributed by atoms with Crippen molar-refractivity contribution in [2.45, 2.75) is 12.8 Å². The molecule has 2 aromatic carbocycles. The number of benzene rings is 2. The minimum Gasteiger partial charge on any atom is -0.454 e. The zero-order valence-corrected chi connectivity index (χ0v) is 10.8. The van der Waals surface area contributed by atoms with Gasteiger partial charge in [-0.25, -0.2) is 8.78 Å². The van der Waals surface area contributed by atoms with E-state index in [0.29, 0.717) is 5.75 Å². The van der Waals surface area contributed by atoms with Gasteiger partial charge in [-0.3, -0.25) is 4.79 Å². The number of ether oxygens (including phenoxy) is 1. The van der Waals surface area contributed by atoms with Crippen LogP contribution in [0.3, 0.4) is 0 Å². The average Bonchev–Trinajstić information content (AvgIpc) is 2.42. The molecule has 104 valence electrons. The van der Waals surface area contributed by atoms with Crippen molar-refractivity contribution in [3.63, 3.8) is 0 Å². The molecular weight excluding hydrogens is 264 g/mol. The Labute approximate surface area is 115 Å². The molecule has 0 aliphatic carbocycles. The number of carbonyl (C=O) groups excluding carboxylic acids is 1. The lowest BCUT2D eigenvalue weighted by molar-refractivity contribution is -0.119. The molecule has 1 atom stereocenters. The van der Waals surface area contributed by atoms with Crippen molar-refractivity contribution in [3.05, 3.63) is 59.7 Å². The molecule has 0 radical (unpaired) electrons. The highest BCUT2D eigenvalue weighted by Gasteiger charge is 2.12. The van der Waals surface area contributed by atoms with Crippen LogP contribution < -0.4 is 10.5 Å². The maximum Gasteiger partial charge on any atom is 0.224 e. The van der Waals surface area contributed by atoms with Gasteiger partial charge in [-0.1, -0.05) is 12.1 Å². The standard InChI is InChI=1S/C15H13F2NO2/c1-9(15(18)19)10-2-5-12(6-3-10)20-14-7-4-11(16)8-13(14)17/h2-9H,1H3,(H2,18,19). The lowest BCUT2D eigenvalue weighted by Gasteiger charge is -2.10. The van der Waals surface area contributed by atoms with Crippen molar-refractivity contribution < 1.29 is 18.3 Å². The summed E-state index contributed by atoms with van der Waals surface area (Å²) in [4.78, 5) is 11.1. The lowest BCUT2D eigenvalue weighted by Crippen LogP contribution is -2.18. The topological polar surface area (TPSA) is 52.3 Å². The van der Waals surface area contributed by atoms with E-state index in [2.05, 4.69) is 0 Å². The Hall–Kier alpha value is -2.43. The molecule has 0 aliphatic rings. The summed E-state index contributed by atoms with van der Waals surface area (Å²) >= 11 is 0. The molecule has 1 amide bonds. The predicted molar refractivity (Wildman–Crippen MR) is 70.5 cm³/mol. The summed E-state index contributed by atoms with van der Waals surface area (Å²) in [6, 6.07) is 9.61. The van der Waals surface area contributed by atoms with Crippen LogP contribution in [0.4, 0.5) is 8.78 Å². The summed E-state index contributed by atoms with van der Waals surface area (Å²) in [5, 5.41) is 0. The van der Waals surface area contributed by atoms with E-state index >= 15 is 0 Å². The van der Waals surface area contributed by atoms with Crippen molar-refractivity contribution in [3.8, 4) is 11.5 Å². The van der Waals surface area contributed by atoms with Gasteiger partial charge in [-0.15, -0.1) is 0 Å². The molecule has 3 nitrogen and oxygen atoms in total. The summed E-state index contributed by atoms with van der Waals surface area (Å²) in [6.07, 6.45) is 0. The molecule has 0 saturated heterocycles. The van der Waals surface area contributed by atoms with Gasteiger partial charge in [-0.05, 0) is 36.8 Å². The van der Waals surface area contributed by atoms with Crippen LogP contribution in [-0.2, 0) is 4.79 Å². The molecule has 2 rings (SSSR count). The molecule has 0 aromatic heterocycles. The van der Waals surface area contributed by atoms with E-state index in [0.717, 1.165) is 17.7 Å². The summed E-state index contributed by atoms with van der Waals surface area (Å²) in [5.74, 6) is -1.96. The van der Waals surface area contributed by atoms with Gasteiger partial charge >= 0.3 is 0 Å². The van der Waals surface area contributed by atoms with E-state index in [1.54, 1.807) is 31.2 Å². The first-order valence-electron chi connectivity index (χ1n) is 5.99. The molecular formula is C15H13F2NO2. The third-order valence-corrected chi connectivity index (χ3v) is 2.93. The van der Waals surface area contributed by atoms with Gasteiger partial charge in [0.05, 0.1) is 5.92 Å². The quantitative estimate of drug-likeness (QED) is 0.931. The fourth-order valence-electron chi connectivity index (χ4n) is 1.67. The van der Waals surface area contributed by atoms with Crippen LogP contribution in [0.15, 0.2) is 42.5 Å². The van der Waals surface area contributed by atoms with E-state index in [4.69, 9.17) is 10.5 Å². The van der Waals surface area contributed by atoms with Crippen LogP contribution in [-0.4, -0.2) is 5.91 Å². The number of rotatable bonds is 4. The number of primary amides is 1. The SMILES string of the molecule is CC(C(N)=O)c1ccc(Oc2ccc(F)cc2F)cc1. The number of hydrogen-bond acceptors (Lipinski definition) is 2. The summed E-state index contributed by atoms with van der Waals surface area (Å²) in [6.45, 7) is 1.69. The molecule has 0 heterocycles. The fourth-order valence-corrected chi connectivity index (χ4v) is 1.67. The Morgan fingerprint density at radius 3 is 2.35 bits per heavy atom. The van der Waals surface area contributed by atoms with Gasteiger partial charge in [0.25, 0.3) is 0 Å². The van der Waals surface area contributed by atoms with E-state index in [-0.39, 0.29) is 5.75 Å². The second-order valence-corrected chi connectivity index (χ2v) is 4.37. The van der Waals surface area contributed by atoms with E-state index in [1.165, 1.54) is 6.07 Å². The summed E-state index contributed by atoms with van der Waals surface area (Å²) in [5.41, 5.74) is 5.95. The second-order valence-electron chi connectivity index (χ2n) is 4.37. The third kappa shape index (κ3) is 3.12. The van der Waals surface area contributed by atoms with Gasteiger partial charge in [0.15, 0.2) is 11.6 Å². The highest BCUT2D eigenvalue weighted by Crippen LogP contribution is 2.26. The van der Waals surface area contributed by atoms with Gasteiger partial charge in [0, 0.05) is 6.07 Å². The number of nitrogens with two attached hydrogens (primary N) is 1. The summed E-state index contributed by atoms with van der Waals surface area (Å²) in [7, 11) is 0. The van der Waals surface area contributed by atoms with Gasteiger partial charge in [0.2, 0.25) is 5.91 Å². The first kappa shape index (κ1) is 14.0.